The molecule has 0 aliphatic rings. The van der Waals surface area contributed by atoms with Gasteiger partial charge in [-0.2, -0.15) is 0 Å². The van der Waals surface area contributed by atoms with Gasteiger partial charge in [0.2, 0.25) is 15.9 Å². The summed E-state index contributed by atoms with van der Waals surface area (Å²) in [5, 5.41) is 2.89. The minimum atomic E-state index is -3.66. The Labute approximate surface area is 197 Å². The molecule has 0 saturated carbocycles. The van der Waals surface area contributed by atoms with Crippen molar-refractivity contribution in [2.75, 3.05) is 26.7 Å². The molecule has 0 unspecified atom stereocenters. The summed E-state index contributed by atoms with van der Waals surface area (Å²) < 4.78 is 26.6. The van der Waals surface area contributed by atoms with Crippen LogP contribution >= 0.6 is 0 Å². The third-order valence-corrected chi connectivity index (χ3v) is 7.53. The first-order valence-electron chi connectivity index (χ1n) is 11.3. The fraction of sp³-hybridized carbons (Fsp3) is 0.440. The maximum atomic E-state index is 12.7. The Kier molecular flexibility index (Phi) is 10.2. The van der Waals surface area contributed by atoms with Crippen LogP contribution in [0.1, 0.15) is 55.1 Å². The second-order valence-electron chi connectivity index (χ2n) is 8.07. The van der Waals surface area contributed by atoms with Crippen molar-refractivity contribution in [1.82, 2.24) is 14.5 Å². The van der Waals surface area contributed by atoms with E-state index in [0.717, 1.165) is 25.2 Å². The third kappa shape index (κ3) is 8.07. The lowest BCUT2D eigenvalue weighted by atomic mass is 10.1. The van der Waals surface area contributed by atoms with E-state index in [9.17, 15) is 18.0 Å². The van der Waals surface area contributed by atoms with Gasteiger partial charge in [-0.05, 0) is 49.7 Å². The summed E-state index contributed by atoms with van der Waals surface area (Å²) in [6.07, 6.45) is 0.652. The van der Waals surface area contributed by atoms with Crippen molar-refractivity contribution in [3.05, 3.63) is 65.2 Å². The van der Waals surface area contributed by atoms with E-state index in [1.54, 1.807) is 0 Å². The highest BCUT2D eigenvalue weighted by molar-refractivity contribution is 7.89. The molecular formula is C25H35N3O4S. The van der Waals surface area contributed by atoms with E-state index in [4.69, 9.17) is 0 Å². The number of benzene rings is 2. The lowest BCUT2D eigenvalue weighted by Gasteiger charge is -2.18. The monoisotopic (exact) mass is 473 g/mol. The van der Waals surface area contributed by atoms with Crippen LogP contribution in [-0.4, -0.2) is 56.0 Å². The van der Waals surface area contributed by atoms with Gasteiger partial charge in [0.15, 0.2) is 5.78 Å². The zero-order valence-electron chi connectivity index (χ0n) is 20.0. The van der Waals surface area contributed by atoms with Crippen molar-refractivity contribution < 1.29 is 18.0 Å². The minimum Gasteiger partial charge on any atom is -0.352 e. The minimum absolute atomic E-state index is 0.112. The van der Waals surface area contributed by atoms with Gasteiger partial charge < -0.3 is 5.32 Å². The Morgan fingerprint density at radius 1 is 0.909 bits per heavy atom. The second kappa shape index (κ2) is 12.6. The van der Waals surface area contributed by atoms with Gasteiger partial charge in [0.1, 0.15) is 0 Å². The molecule has 0 aliphatic carbocycles. The molecule has 8 heteroatoms. The van der Waals surface area contributed by atoms with Gasteiger partial charge in [-0.25, -0.2) is 12.7 Å². The number of ketones is 1. The number of hydrogen-bond acceptors (Lipinski definition) is 5. The fourth-order valence-corrected chi connectivity index (χ4v) is 4.59. The van der Waals surface area contributed by atoms with Crippen LogP contribution in [0, 0.1) is 0 Å². The van der Waals surface area contributed by atoms with Crippen LogP contribution in [0.15, 0.2) is 53.4 Å². The van der Waals surface area contributed by atoms with Gasteiger partial charge in [-0.1, -0.05) is 50.2 Å². The van der Waals surface area contributed by atoms with Gasteiger partial charge in [0, 0.05) is 38.7 Å². The molecule has 180 valence electrons. The zero-order valence-corrected chi connectivity index (χ0v) is 20.8. The number of nitrogens with zero attached hydrogens (tertiary/aromatic N) is 2. The second-order valence-corrected chi connectivity index (χ2v) is 10.1. The summed E-state index contributed by atoms with van der Waals surface area (Å²) in [5.74, 6) is -0.229. The topological polar surface area (TPSA) is 86.8 Å². The van der Waals surface area contributed by atoms with Crippen LogP contribution in [0.2, 0.25) is 0 Å². The standard InChI is InChI=1S/C25H35N3O4S/c1-5-28(6-2)19-22-11-9-21(10-12-22)18-26-25(30)8-7-17-27(4)33(31,32)24-15-13-23(14-16-24)20(3)29/h9-16H,5-8,17-19H2,1-4H3,(H,26,30). The summed E-state index contributed by atoms with van der Waals surface area (Å²) >= 11 is 0. The van der Waals surface area contributed by atoms with Gasteiger partial charge in [-0.3, -0.25) is 14.5 Å². The van der Waals surface area contributed by atoms with Crippen LogP contribution in [0.25, 0.3) is 0 Å². The van der Waals surface area contributed by atoms with Crippen molar-refractivity contribution in [2.45, 2.75) is 51.6 Å². The number of sulfonamides is 1. The third-order valence-electron chi connectivity index (χ3n) is 5.66. The summed E-state index contributed by atoms with van der Waals surface area (Å²) in [7, 11) is -2.17. The van der Waals surface area contributed by atoms with E-state index in [1.807, 2.05) is 12.1 Å². The molecule has 0 spiro atoms. The molecule has 1 amide bonds. The van der Waals surface area contributed by atoms with Gasteiger partial charge in [0.25, 0.3) is 0 Å². The lowest BCUT2D eigenvalue weighted by Crippen LogP contribution is -2.29. The molecule has 1 N–H and O–H groups in total. The molecule has 0 bridgehead atoms. The van der Waals surface area contributed by atoms with Crippen molar-refractivity contribution in [3.63, 3.8) is 0 Å². The molecule has 33 heavy (non-hydrogen) atoms. The summed E-state index contributed by atoms with van der Waals surface area (Å²) in [6, 6.07) is 14.1. The summed E-state index contributed by atoms with van der Waals surface area (Å²) in [5.41, 5.74) is 2.74. The van der Waals surface area contributed by atoms with E-state index in [2.05, 4.69) is 36.2 Å². The highest BCUT2D eigenvalue weighted by Crippen LogP contribution is 2.16. The molecular weight excluding hydrogens is 438 g/mol. The Balaban J connectivity index is 1.77. The molecule has 7 nitrogen and oxygen atoms in total. The SMILES string of the molecule is CCN(CC)Cc1ccc(CNC(=O)CCCN(C)S(=O)(=O)c2ccc(C(C)=O)cc2)cc1. The molecule has 0 aromatic heterocycles. The summed E-state index contributed by atoms with van der Waals surface area (Å²) in [4.78, 5) is 26.0. The average Bonchev–Trinajstić information content (AvgIpc) is 2.81. The zero-order chi connectivity index (χ0) is 24.4. The molecule has 2 rings (SSSR count). The number of hydrogen-bond donors (Lipinski definition) is 1. The molecule has 0 fully saturated rings. The first-order chi connectivity index (χ1) is 15.7. The van der Waals surface area contributed by atoms with E-state index in [-0.39, 0.29) is 29.6 Å². The van der Waals surface area contributed by atoms with Crippen LogP contribution < -0.4 is 5.32 Å². The van der Waals surface area contributed by atoms with Crippen LogP contribution in [0.4, 0.5) is 0 Å². The normalized spacial score (nSPS) is 11.7. The Hall–Kier alpha value is -2.55. The van der Waals surface area contributed by atoms with Crippen LogP contribution in [0.5, 0.6) is 0 Å². The first-order valence-corrected chi connectivity index (χ1v) is 12.8. The highest BCUT2D eigenvalue weighted by Gasteiger charge is 2.20. The number of carbonyl (C=O) groups is 2. The van der Waals surface area contributed by atoms with Crippen molar-refractivity contribution in [1.29, 1.82) is 0 Å². The highest BCUT2D eigenvalue weighted by atomic mass is 32.2. The predicted octanol–water partition coefficient (Wildman–Crippen LogP) is 3.45. The lowest BCUT2D eigenvalue weighted by molar-refractivity contribution is -0.121. The maximum Gasteiger partial charge on any atom is 0.242 e. The molecule has 0 aliphatic heterocycles. The van der Waals surface area contributed by atoms with E-state index >= 15 is 0 Å². The molecule has 0 atom stereocenters. The smallest absolute Gasteiger partial charge is 0.242 e. The van der Waals surface area contributed by atoms with E-state index in [1.165, 1.54) is 48.1 Å². The largest absolute Gasteiger partial charge is 0.352 e. The number of nitrogens with one attached hydrogen (secondary N) is 1. The fourth-order valence-electron chi connectivity index (χ4n) is 3.38. The van der Waals surface area contributed by atoms with Gasteiger partial charge in [-0.15, -0.1) is 0 Å². The Morgan fingerprint density at radius 3 is 2.03 bits per heavy atom. The average molecular weight is 474 g/mol. The van der Waals surface area contributed by atoms with Crippen molar-refractivity contribution in [3.8, 4) is 0 Å². The van der Waals surface area contributed by atoms with E-state index < -0.39 is 10.0 Å². The number of rotatable bonds is 13. The molecule has 2 aromatic carbocycles. The Bertz CT molecular complexity index is 1010. The summed E-state index contributed by atoms with van der Waals surface area (Å²) in [6.45, 7) is 9.33. The molecule has 2 aromatic rings. The predicted molar refractivity (Wildman–Crippen MR) is 130 cm³/mol. The number of amides is 1. The van der Waals surface area contributed by atoms with Crippen molar-refractivity contribution in [2.24, 2.45) is 0 Å². The molecule has 0 radical (unpaired) electrons. The number of carbonyl (C=O) groups excluding carboxylic acids is 2. The van der Waals surface area contributed by atoms with Crippen molar-refractivity contribution >= 4 is 21.7 Å². The van der Waals surface area contributed by atoms with Gasteiger partial charge >= 0.3 is 0 Å². The Morgan fingerprint density at radius 2 is 1.48 bits per heavy atom. The van der Waals surface area contributed by atoms with Gasteiger partial charge in [0.05, 0.1) is 4.90 Å². The quantitative estimate of drug-likeness (QED) is 0.450. The van der Waals surface area contributed by atoms with E-state index in [0.29, 0.717) is 18.5 Å². The number of Topliss-reactive ketones (excluding diaryl/α,β-unsaturated/α-hetero) is 1. The molecule has 0 saturated heterocycles. The first kappa shape index (κ1) is 26.7. The van der Waals surface area contributed by atoms with Crippen LogP contribution in [0.3, 0.4) is 0 Å². The van der Waals surface area contributed by atoms with Crippen LogP contribution in [-0.2, 0) is 27.9 Å². The molecule has 0 heterocycles. The maximum absolute atomic E-state index is 12.7.